The highest BCUT2D eigenvalue weighted by Crippen LogP contribution is 2.32. The second kappa shape index (κ2) is 8.48. The Hall–Kier alpha value is -3.63. The van der Waals surface area contributed by atoms with E-state index in [9.17, 15) is 17.6 Å². The van der Waals surface area contributed by atoms with Gasteiger partial charge in [-0.05, 0) is 54.1 Å². The Morgan fingerprint density at radius 2 is 1.88 bits per heavy atom. The van der Waals surface area contributed by atoms with Gasteiger partial charge in [0.1, 0.15) is 5.82 Å². The van der Waals surface area contributed by atoms with E-state index in [2.05, 4.69) is 26.6 Å². The summed E-state index contributed by atoms with van der Waals surface area (Å²) in [4.78, 5) is 19.9. The minimum atomic E-state index is -3.96. The van der Waals surface area contributed by atoms with E-state index in [1.165, 1.54) is 36.5 Å². The number of nitrogens with zero attached hydrogens (tertiary/aromatic N) is 2. The van der Waals surface area contributed by atoms with Crippen LogP contribution < -0.4 is 10.0 Å². The molecule has 0 aliphatic carbocycles. The van der Waals surface area contributed by atoms with Crippen LogP contribution in [0.5, 0.6) is 0 Å². The second-order valence-corrected chi connectivity index (χ2v) is 9.52. The van der Waals surface area contributed by atoms with E-state index >= 15 is 0 Å². The first-order valence-corrected chi connectivity index (χ1v) is 11.6. The number of hydrogen-bond donors (Lipinski definition) is 2. The number of carbonyl (C=O) groups excluding carboxylic acids is 1. The molecule has 2 aromatic heterocycles. The molecule has 0 fully saturated rings. The van der Waals surface area contributed by atoms with Gasteiger partial charge in [0.05, 0.1) is 26.5 Å². The Labute approximate surface area is 187 Å². The molecule has 0 aliphatic rings. The zero-order chi connectivity index (χ0) is 22.9. The summed E-state index contributed by atoms with van der Waals surface area (Å²) in [5.41, 5.74) is 2.79. The van der Waals surface area contributed by atoms with E-state index in [0.717, 1.165) is 27.9 Å². The Morgan fingerprint density at radius 1 is 1.12 bits per heavy atom. The average molecular weight is 469 g/mol. The van der Waals surface area contributed by atoms with Gasteiger partial charge in [0.25, 0.3) is 10.0 Å². The number of sulfonamides is 1. The summed E-state index contributed by atoms with van der Waals surface area (Å²) in [7, 11) is -3.96. The van der Waals surface area contributed by atoms with Crippen molar-refractivity contribution in [1.29, 1.82) is 0 Å². The molecule has 0 unspecified atom stereocenters. The Kier molecular flexibility index (Phi) is 5.72. The summed E-state index contributed by atoms with van der Waals surface area (Å²) in [6.07, 6.45) is 3.06. The topological polar surface area (TPSA) is 101 Å². The molecule has 0 aliphatic heterocycles. The van der Waals surface area contributed by atoms with E-state index in [4.69, 9.17) is 0 Å². The van der Waals surface area contributed by atoms with Crippen molar-refractivity contribution in [3.8, 4) is 11.1 Å². The smallest absolute Gasteiger partial charge is 0.261 e. The standard InChI is InChI=1S/C22H17FN4O3S2/c1-3-18-20(27-32(29,30)17-7-5-16(23)6-8-17)10-15(12-24-18)14-4-9-19-21(11-14)31-22(26-19)25-13(2)28/h3-12,27H,1H2,2H3,(H,25,26,28). The van der Waals surface area contributed by atoms with Gasteiger partial charge in [0, 0.05) is 18.7 Å². The molecule has 0 bridgehead atoms. The predicted octanol–water partition coefficient (Wildman–Crippen LogP) is 4.90. The number of benzene rings is 2. The van der Waals surface area contributed by atoms with Crippen molar-refractivity contribution in [3.05, 3.63) is 72.8 Å². The molecule has 4 aromatic rings. The number of hydrogen-bond acceptors (Lipinski definition) is 6. The molecule has 0 saturated carbocycles. The van der Waals surface area contributed by atoms with Gasteiger partial charge in [-0.1, -0.05) is 24.0 Å². The SMILES string of the molecule is C=Cc1ncc(-c2ccc3nc(NC(C)=O)sc3c2)cc1NS(=O)(=O)c1ccc(F)cc1. The van der Waals surface area contributed by atoms with E-state index < -0.39 is 15.8 Å². The number of aromatic nitrogens is 2. The summed E-state index contributed by atoms with van der Waals surface area (Å²) in [6, 6.07) is 11.7. The zero-order valence-corrected chi connectivity index (χ0v) is 18.4. The molecule has 0 radical (unpaired) electrons. The van der Waals surface area contributed by atoms with Crippen molar-refractivity contribution in [2.45, 2.75) is 11.8 Å². The monoisotopic (exact) mass is 468 g/mol. The molecule has 4 rings (SSSR count). The minimum absolute atomic E-state index is 0.0732. The fourth-order valence-corrected chi connectivity index (χ4v) is 5.02. The van der Waals surface area contributed by atoms with Gasteiger partial charge < -0.3 is 5.32 Å². The molecule has 2 heterocycles. The number of halogens is 1. The molecule has 2 aromatic carbocycles. The number of thiazole rings is 1. The molecular weight excluding hydrogens is 451 g/mol. The highest BCUT2D eigenvalue weighted by Gasteiger charge is 2.17. The molecule has 32 heavy (non-hydrogen) atoms. The fraction of sp³-hybridized carbons (Fsp3) is 0.0455. The maximum absolute atomic E-state index is 13.2. The molecule has 1 amide bonds. The van der Waals surface area contributed by atoms with Gasteiger partial charge in [-0.2, -0.15) is 0 Å². The molecule has 7 nitrogen and oxygen atoms in total. The largest absolute Gasteiger partial charge is 0.302 e. The number of rotatable bonds is 6. The molecule has 0 saturated heterocycles. The van der Waals surface area contributed by atoms with Gasteiger partial charge in [0.15, 0.2) is 5.13 Å². The molecular formula is C22H17FN4O3S2. The average Bonchev–Trinajstić information content (AvgIpc) is 3.14. The Morgan fingerprint density at radius 3 is 2.56 bits per heavy atom. The fourth-order valence-electron chi connectivity index (χ4n) is 3.00. The van der Waals surface area contributed by atoms with Crippen LogP contribution in [-0.4, -0.2) is 24.3 Å². The molecule has 0 spiro atoms. The van der Waals surface area contributed by atoms with Gasteiger partial charge >= 0.3 is 0 Å². The van der Waals surface area contributed by atoms with Crippen molar-refractivity contribution < 1.29 is 17.6 Å². The van der Waals surface area contributed by atoms with E-state index in [1.54, 1.807) is 12.3 Å². The van der Waals surface area contributed by atoms with Crippen LogP contribution in [0, 0.1) is 5.82 Å². The molecule has 10 heteroatoms. The highest BCUT2D eigenvalue weighted by molar-refractivity contribution is 7.92. The second-order valence-electron chi connectivity index (χ2n) is 6.80. The van der Waals surface area contributed by atoms with Crippen LogP contribution in [0.2, 0.25) is 0 Å². The van der Waals surface area contributed by atoms with E-state index in [1.807, 2.05) is 18.2 Å². The molecule has 2 N–H and O–H groups in total. The van der Waals surface area contributed by atoms with Gasteiger partial charge in [-0.15, -0.1) is 0 Å². The lowest BCUT2D eigenvalue weighted by molar-refractivity contribution is -0.114. The van der Waals surface area contributed by atoms with Crippen molar-refractivity contribution in [1.82, 2.24) is 9.97 Å². The Bertz CT molecular complexity index is 1450. The lowest BCUT2D eigenvalue weighted by atomic mass is 10.1. The highest BCUT2D eigenvalue weighted by atomic mass is 32.2. The number of carbonyl (C=O) groups is 1. The van der Waals surface area contributed by atoms with Crippen LogP contribution in [0.15, 0.2) is 66.2 Å². The number of nitrogens with one attached hydrogen (secondary N) is 2. The minimum Gasteiger partial charge on any atom is -0.302 e. The van der Waals surface area contributed by atoms with E-state index in [0.29, 0.717) is 16.4 Å². The summed E-state index contributed by atoms with van der Waals surface area (Å²) < 4.78 is 42.0. The number of anilines is 2. The number of amides is 1. The maximum Gasteiger partial charge on any atom is 0.261 e. The van der Waals surface area contributed by atoms with Crippen molar-refractivity contribution in [2.24, 2.45) is 0 Å². The van der Waals surface area contributed by atoms with E-state index in [-0.39, 0.29) is 16.5 Å². The first kappa shape index (κ1) is 21.6. The molecule has 0 atom stereocenters. The molecule has 162 valence electrons. The van der Waals surface area contributed by atoms with Crippen LogP contribution >= 0.6 is 11.3 Å². The zero-order valence-electron chi connectivity index (χ0n) is 16.8. The van der Waals surface area contributed by atoms with Crippen LogP contribution in [0.25, 0.3) is 27.4 Å². The van der Waals surface area contributed by atoms with Crippen molar-refractivity contribution in [2.75, 3.05) is 10.0 Å². The van der Waals surface area contributed by atoms with Crippen LogP contribution in [0.4, 0.5) is 15.2 Å². The number of pyridine rings is 1. The van der Waals surface area contributed by atoms with Gasteiger partial charge in [-0.25, -0.2) is 17.8 Å². The lowest BCUT2D eigenvalue weighted by Gasteiger charge is -2.12. The first-order chi connectivity index (χ1) is 15.2. The summed E-state index contributed by atoms with van der Waals surface area (Å²) in [5, 5.41) is 3.17. The van der Waals surface area contributed by atoms with Gasteiger partial charge in [0.2, 0.25) is 5.91 Å². The summed E-state index contributed by atoms with van der Waals surface area (Å²) >= 11 is 1.33. The third-order valence-corrected chi connectivity index (χ3v) is 6.80. The Balaban J connectivity index is 1.70. The lowest BCUT2D eigenvalue weighted by Crippen LogP contribution is -2.14. The number of fused-ring (bicyclic) bond motifs is 1. The third-order valence-electron chi connectivity index (χ3n) is 4.48. The quantitative estimate of drug-likeness (QED) is 0.419. The van der Waals surface area contributed by atoms with Crippen molar-refractivity contribution >= 4 is 54.4 Å². The van der Waals surface area contributed by atoms with Crippen LogP contribution in [0.1, 0.15) is 12.6 Å². The normalized spacial score (nSPS) is 11.3. The predicted molar refractivity (Wildman–Crippen MR) is 124 cm³/mol. The van der Waals surface area contributed by atoms with Crippen LogP contribution in [-0.2, 0) is 14.8 Å². The van der Waals surface area contributed by atoms with Crippen LogP contribution in [0.3, 0.4) is 0 Å². The summed E-state index contributed by atoms with van der Waals surface area (Å²) in [6.45, 7) is 5.10. The summed E-state index contributed by atoms with van der Waals surface area (Å²) in [5.74, 6) is -0.730. The first-order valence-electron chi connectivity index (χ1n) is 9.34. The third kappa shape index (κ3) is 4.51. The van der Waals surface area contributed by atoms with Gasteiger partial charge in [-0.3, -0.25) is 14.5 Å². The maximum atomic E-state index is 13.2. The van der Waals surface area contributed by atoms with Crippen molar-refractivity contribution in [3.63, 3.8) is 0 Å².